The van der Waals surface area contributed by atoms with E-state index < -0.39 is 0 Å². The molecule has 3 rings (SSSR count). The third-order valence-corrected chi connectivity index (χ3v) is 5.62. The van der Waals surface area contributed by atoms with Gasteiger partial charge in [-0.15, -0.1) is 11.3 Å². The maximum Gasteiger partial charge on any atom is 0.246 e. The van der Waals surface area contributed by atoms with E-state index in [1.54, 1.807) is 11.3 Å². The van der Waals surface area contributed by atoms with Crippen molar-refractivity contribution in [3.05, 3.63) is 11.1 Å². The Balaban J connectivity index is 1.52. The summed E-state index contributed by atoms with van der Waals surface area (Å²) in [6, 6.07) is 0. The fourth-order valence-corrected chi connectivity index (χ4v) is 4.70. The standard InChI is InChI=1S/C18H28N4O2S/c1-13-8-14(11-18(2,3)10-13)20-21-16(23)9-15-12-25-17(19-15)22-4-6-24-7-5-22/h12-13H,4-11H2,1-3H3,(H,21,23)/b20-14+/t13-/m1/s1. The van der Waals surface area contributed by atoms with Gasteiger partial charge in [-0.2, -0.15) is 5.10 Å². The highest BCUT2D eigenvalue weighted by atomic mass is 32.1. The molecule has 1 saturated carbocycles. The summed E-state index contributed by atoms with van der Waals surface area (Å²) < 4.78 is 5.36. The summed E-state index contributed by atoms with van der Waals surface area (Å²) in [5.74, 6) is 0.524. The quantitative estimate of drug-likeness (QED) is 0.834. The molecular formula is C18H28N4O2S. The molecule has 1 aliphatic carbocycles. The number of hydrogen-bond donors (Lipinski definition) is 1. The van der Waals surface area contributed by atoms with Crippen molar-refractivity contribution in [1.82, 2.24) is 10.4 Å². The molecule has 0 bridgehead atoms. The minimum atomic E-state index is -0.0950. The average molecular weight is 365 g/mol. The highest BCUT2D eigenvalue weighted by Crippen LogP contribution is 2.36. The minimum Gasteiger partial charge on any atom is -0.378 e. The van der Waals surface area contributed by atoms with Gasteiger partial charge in [0.1, 0.15) is 0 Å². The molecule has 0 aromatic carbocycles. The van der Waals surface area contributed by atoms with Gasteiger partial charge in [0, 0.05) is 24.2 Å². The Labute approximate surface area is 153 Å². The Hall–Kier alpha value is -1.47. The number of aromatic nitrogens is 1. The molecule has 2 heterocycles. The molecular weight excluding hydrogens is 336 g/mol. The largest absolute Gasteiger partial charge is 0.378 e. The molecule has 25 heavy (non-hydrogen) atoms. The van der Waals surface area contributed by atoms with Crippen LogP contribution in [0.25, 0.3) is 0 Å². The highest BCUT2D eigenvalue weighted by Gasteiger charge is 2.29. The van der Waals surface area contributed by atoms with E-state index in [4.69, 9.17) is 4.74 Å². The fraction of sp³-hybridized carbons (Fsp3) is 0.722. The lowest BCUT2D eigenvalue weighted by atomic mass is 9.72. The predicted octanol–water partition coefficient (Wildman–Crippen LogP) is 2.84. The van der Waals surface area contributed by atoms with E-state index >= 15 is 0 Å². The summed E-state index contributed by atoms with van der Waals surface area (Å²) in [7, 11) is 0. The van der Waals surface area contributed by atoms with Crippen LogP contribution in [0.3, 0.4) is 0 Å². The van der Waals surface area contributed by atoms with Crippen LogP contribution < -0.4 is 10.3 Å². The maximum absolute atomic E-state index is 12.2. The lowest BCUT2D eigenvalue weighted by Gasteiger charge is -2.34. The van der Waals surface area contributed by atoms with Gasteiger partial charge in [-0.05, 0) is 30.6 Å². The van der Waals surface area contributed by atoms with E-state index in [-0.39, 0.29) is 17.7 Å². The van der Waals surface area contributed by atoms with Gasteiger partial charge in [-0.25, -0.2) is 10.4 Å². The molecule has 7 heteroatoms. The third kappa shape index (κ3) is 5.25. The topological polar surface area (TPSA) is 66.8 Å². The number of anilines is 1. The number of thiazole rings is 1. The average Bonchev–Trinajstić information content (AvgIpc) is 3.00. The molecule has 1 amide bonds. The molecule has 1 aliphatic heterocycles. The smallest absolute Gasteiger partial charge is 0.246 e. The van der Waals surface area contributed by atoms with Gasteiger partial charge in [0.15, 0.2) is 5.13 Å². The number of ether oxygens (including phenoxy) is 1. The normalized spacial score (nSPS) is 25.2. The van der Waals surface area contributed by atoms with Crippen LogP contribution >= 0.6 is 11.3 Å². The van der Waals surface area contributed by atoms with E-state index in [9.17, 15) is 4.79 Å². The Bertz CT molecular complexity index is 635. The van der Waals surface area contributed by atoms with Crippen molar-refractivity contribution in [2.75, 3.05) is 31.2 Å². The van der Waals surface area contributed by atoms with Crippen LogP contribution in [0, 0.1) is 11.3 Å². The number of carbonyl (C=O) groups excluding carboxylic acids is 1. The van der Waals surface area contributed by atoms with Crippen molar-refractivity contribution >= 4 is 28.1 Å². The summed E-state index contributed by atoms with van der Waals surface area (Å²) in [5.41, 5.74) is 4.90. The van der Waals surface area contributed by atoms with Crippen molar-refractivity contribution in [3.63, 3.8) is 0 Å². The zero-order valence-electron chi connectivity index (χ0n) is 15.4. The Kier molecular flexibility index (Phi) is 5.74. The van der Waals surface area contributed by atoms with Crippen LogP contribution in [0.4, 0.5) is 5.13 Å². The van der Waals surface area contributed by atoms with Gasteiger partial charge in [0.05, 0.1) is 25.3 Å². The van der Waals surface area contributed by atoms with E-state index in [0.717, 1.165) is 55.7 Å². The number of hydrogen-bond acceptors (Lipinski definition) is 6. The molecule has 0 spiro atoms. The van der Waals surface area contributed by atoms with Gasteiger partial charge in [-0.1, -0.05) is 20.8 Å². The summed E-state index contributed by atoms with van der Waals surface area (Å²) in [6.07, 6.45) is 3.41. The first kappa shape index (κ1) is 18.3. The number of nitrogens with zero attached hydrogens (tertiary/aromatic N) is 3. The second kappa shape index (κ2) is 7.83. The lowest BCUT2D eigenvalue weighted by Crippen LogP contribution is -2.36. The van der Waals surface area contributed by atoms with Gasteiger partial charge >= 0.3 is 0 Å². The van der Waals surface area contributed by atoms with E-state index in [1.807, 2.05) is 5.38 Å². The summed E-state index contributed by atoms with van der Waals surface area (Å²) >= 11 is 1.59. The molecule has 1 saturated heterocycles. The first-order chi connectivity index (χ1) is 11.9. The van der Waals surface area contributed by atoms with Crippen LogP contribution in [0.1, 0.15) is 45.7 Å². The van der Waals surface area contributed by atoms with Crippen LogP contribution in [0.2, 0.25) is 0 Å². The van der Waals surface area contributed by atoms with Crippen LogP contribution in [-0.4, -0.2) is 42.9 Å². The molecule has 1 aromatic rings. The van der Waals surface area contributed by atoms with Gasteiger partial charge in [-0.3, -0.25) is 4.79 Å². The molecule has 2 aliphatic rings. The SMILES string of the molecule is C[C@@H]1C/C(=N\NC(=O)Cc2csc(N3CCOCC3)n2)CC(C)(C)C1. The Morgan fingerprint density at radius 3 is 2.96 bits per heavy atom. The first-order valence-corrected chi connectivity index (χ1v) is 9.91. The number of nitrogens with one attached hydrogen (secondary N) is 1. The monoisotopic (exact) mass is 364 g/mol. The molecule has 1 aromatic heterocycles. The van der Waals surface area contributed by atoms with E-state index in [1.165, 1.54) is 6.42 Å². The zero-order valence-corrected chi connectivity index (χ0v) is 16.2. The van der Waals surface area contributed by atoms with Gasteiger partial charge < -0.3 is 9.64 Å². The number of hydrazone groups is 1. The second-order valence-corrected chi connectivity index (χ2v) is 8.80. The summed E-state index contributed by atoms with van der Waals surface area (Å²) in [4.78, 5) is 19.0. The summed E-state index contributed by atoms with van der Waals surface area (Å²) in [5, 5.41) is 7.32. The molecule has 2 fully saturated rings. The first-order valence-electron chi connectivity index (χ1n) is 9.03. The fourth-order valence-electron chi connectivity index (χ4n) is 3.82. The highest BCUT2D eigenvalue weighted by molar-refractivity contribution is 7.13. The Morgan fingerprint density at radius 1 is 1.48 bits per heavy atom. The van der Waals surface area contributed by atoms with Crippen molar-refractivity contribution in [2.45, 2.75) is 46.5 Å². The minimum absolute atomic E-state index is 0.0950. The van der Waals surface area contributed by atoms with Crippen molar-refractivity contribution < 1.29 is 9.53 Å². The molecule has 6 nitrogen and oxygen atoms in total. The second-order valence-electron chi connectivity index (χ2n) is 7.97. The molecule has 0 radical (unpaired) electrons. The van der Waals surface area contributed by atoms with Crippen molar-refractivity contribution in [1.29, 1.82) is 0 Å². The van der Waals surface area contributed by atoms with E-state index in [0.29, 0.717) is 5.92 Å². The van der Waals surface area contributed by atoms with Crippen molar-refractivity contribution in [2.24, 2.45) is 16.4 Å². The number of morpholine rings is 1. The number of carbonyl (C=O) groups is 1. The lowest BCUT2D eigenvalue weighted by molar-refractivity contribution is -0.120. The van der Waals surface area contributed by atoms with Crippen LogP contribution in [0.15, 0.2) is 10.5 Å². The van der Waals surface area contributed by atoms with Crippen molar-refractivity contribution in [3.8, 4) is 0 Å². The predicted molar refractivity (Wildman–Crippen MR) is 101 cm³/mol. The van der Waals surface area contributed by atoms with E-state index in [2.05, 4.69) is 41.2 Å². The number of rotatable bonds is 4. The van der Waals surface area contributed by atoms with Gasteiger partial charge in [0.2, 0.25) is 5.91 Å². The molecule has 1 N–H and O–H groups in total. The van der Waals surface area contributed by atoms with Crippen LogP contribution in [-0.2, 0) is 16.0 Å². The maximum atomic E-state index is 12.2. The van der Waals surface area contributed by atoms with Crippen LogP contribution in [0.5, 0.6) is 0 Å². The third-order valence-electron chi connectivity index (χ3n) is 4.67. The zero-order chi connectivity index (χ0) is 17.9. The molecule has 138 valence electrons. The van der Waals surface area contributed by atoms with Gasteiger partial charge in [0.25, 0.3) is 0 Å². The molecule has 1 atom stereocenters. The summed E-state index contributed by atoms with van der Waals surface area (Å²) in [6.45, 7) is 9.98. The molecule has 0 unspecified atom stereocenters. The number of amides is 1. The Morgan fingerprint density at radius 2 is 2.24 bits per heavy atom.